The van der Waals surface area contributed by atoms with E-state index in [9.17, 15) is 18.8 Å². The average molecular weight is 436 g/mol. The van der Waals surface area contributed by atoms with Crippen molar-refractivity contribution >= 4 is 28.7 Å². The number of carbonyl (C=O) groups excluding carboxylic acids is 3. The largest absolute Gasteiger partial charge is 0.361 e. The molecular weight excluding hydrogens is 411 g/mol. The average Bonchev–Trinajstić information content (AvgIpc) is 3.29. The van der Waals surface area contributed by atoms with Gasteiger partial charge in [0.1, 0.15) is 18.4 Å². The molecule has 7 nitrogen and oxygen atoms in total. The lowest BCUT2D eigenvalue weighted by molar-refractivity contribution is -0.132. The molecule has 0 spiro atoms. The molecule has 4 rings (SSSR count). The first-order valence-corrected chi connectivity index (χ1v) is 10.5. The molecule has 0 unspecified atom stereocenters. The number of hydrogen-bond acceptors (Lipinski definition) is 3. The molecular formula is C24H25FN4O3. The van der Waals surface area contributed by atoms with E-state index >= 15 is 0 Å². The monoisotopic (exact) mass is 436 g/mol. The van der Waals surface area contributed by atoms with Crippen LogP contribution in [0.3, 0.4) is 0 Å². The van der Waals surface area contributed by atoms with Crippen LogP contribution in [0.5, 0.6) is 0 Å². The number of urea groups is 1. The van der Waals surface area contributed by atoms with Crippen LogP contribution < -0.4 is 10.6 Å². The van der Waals surface area contributed by atoms with Crippen LogP contribution in [-0.4, -0.2) is 40.3 Å². The number of aromatic nitrogens is 1. The molecule has 1 aliphatic heterocycles. The summed E-state index contributed by atoms with van der Waals surface area (Å²) in [5.74, 6) is -1.21. The number of rotatable bonds is 7. The predicted molar refractivity (Wildman–Crippen MR) is 118 cm³/mol. The van der Waals surface area contributed by atoms with Crippen molar-refractivity contribution in [2.45, 2.75) is 32.4 Å². The maximum atomic E-state index is 13.3. The highest BCUT2D eigenvalue weighted by Gasteiger charge is 2.39. The van der Waals surface area contributed by atoms with Crippen LogP contribution in [0.4, 0.5) is 9.18 Å². The Hall–Kier alpha value is -3.68. The van der Waals surface area contributed by atoms with Crippen LogP contribution in [0.2, 0.25) is 0 Å². The summed E-state index contributed by atoms with van der Waals surface area (Å²) in [7, 11) is 0. The number of imide groups is 1. The zero-order valence-corrected chi connectivity index (χ0v) is 17.9. The minimum atomic E-state index is -0.729. The van der Waals surface area contributed by atoms with E-state index in [1.165, 1.54) is 12.1 Å². The maximum absolute atomic E-state index is 13.3. The van der Waals surface area contributed by atoms with Gasteiger partial charge in [-0.1, -0.05) is 44.2 Å². The zero-order valence-electron chi connectivity index (χ0n) is 17.9. The van der Waals surface area contributed by atoms with Crippen molar-refractivity contribution in [1.82, 2.24) is 20.5 Å². The van der Waals surface area contributed by atoms with Crippen molar-refractivity contribution in [3.63, 3.8) is 0 Å². The number of amides is 4. The van der Waals surface area contributed by atoms with Gasteiger partial charge in [0.05, 0.1) is 6.04 Å². The van der Waals surface area contributed by atoms with E-state index in [1.54, 1.807) is 12.1 Å². The summed E-state index contributed by atoms with van der Waals surface area (Å²) in [5, 5.41) is 6.53. The van der Waals surface area contributed by atoms with Crippen molar-refractivity contribution in [2.75, 3.05) is 6.54 Å². The lowest BCUT2D eigenvalue weighted by atomic mass is 9.96. The predicted octanol–water partition coefficient (Wildman–Crippen LogP) is 3.28. The third-order valence-corrected chi connectivity index (χ3v) is 5.72. The first-order chi connectivity index (χ1) is 15.3. The Morgan fingerprint density at radius 3 is 2.56 bits per heavy atom. The minimum Gasteiger partial charge on any atom is -0.361 e. The Labute approximate surface area is 185 Å². The topological polar surface area (TPSA) is 94.3 Å². The van der Waals surface area contributed by atoms with E-state index < -0.39 is 23.9 Å². The molecule has 166 valence electrons. The van der Waals surface area contributed by atoms with Gasteiger partial charge < -0.3 is 15.6 Å². The van der Waals surface area contributed by atoms with Crippen molar-refractivity contribution in [3.05, 3.63) is 71.7 Å². The van der Waals surface area contributed by atoms with Crippen LogP contribution in [0.25, 0.3) is 10.9 Å². The van der Waals surface area contributed by atoms with Crippen molar-refractivity contribution in [1.29, 1.82) is 0 Å². The van der Waals surface area contributed by atoms with Gasteiger partial charge in [0.25, 0.3) is 5.91 Å². The zero-order chi connectivity index (χ0) is 22.8. The molecule has 1 fully saturated rings. The highest BCUT2D eigenvalue weighted by atomic mass is 19.1. The molecule has 2 aromatic carbocycles. The fraction of sp³-hybridized carbons (Fsp3) is 0.292. The van der Waals surface area contributed by atoms with Gasteiger partial charge in [-0.15, -0.1) is 0 Å². The number of para-hydroxylation sites is 1. The molecule has 0 aliphatic carbocycles. The number of nitrogens with zero attached hydrogens (tertiary/aromatic N) is 1. The smallest absolute Gasteiger partial charge is 0.325 e. The van der Waals surface area contributed by atoms with Gasteiger partial charge in [-0.3, -0.25) is 14.5 Å². The van der Waals surface area contributed by atoms with Crippen molar-refractivity contribution in [3.8, 4) is 0 Å². The Bertz CT molecular complexity index is 1160. The Morgan fingerprint density at radius 2 is 1.84 bits per heavy atom. The summed E-state index contributed by atoms with van der Waals surface area (Å²) in [5.41, 5.74) is 2.63. The van der Waals surface area contributed by atoms with E-state index in [4.69, 9.17) is 0 Å². The highest BCUT2D eigenvalue weighted by molar-refractivity contribution is 6.06. The van der Waals surface area contributed by atoms with Crippen LogP contribution in [0.1, 0.15) is 31.0 Å². The van der Waals surface area contributed by atoms with E-state index in [-0.39, 0.29) is 24.3 Å². The van der Waals surface area contributed by atoms with Gasteiger partial charge in [-0.2, -0.15) is 0 Å². The number of carbonyl (C=O) groups is 3. The maximum Gasteiger partial charge on any atom is 0.325 e. The molecule has 1 aromatic heterocycles. The fourth-order valence-electron chi connectivity index (χ4n) is 4.05. The molecule has 4 amide bonds. The number of fused-ring (bicyclic) bond motifs is 1. The van der Waals surface area contributed by atoms with E-state index in [2.05, 4.69) is 15.6 Å². The lowest BCUT2D eigenvalue weighted by Crippen LogP contribution is -2.43. The van der Waals surface area contributed by atoms with E-state index in [1.807, 2.05) is 44.3 Å². The van der Waals surface area contributed by atoms with Gasteiger partial charge in [0.15, 0.2) is 0 Å². The van der Waals surface area contributed by atoms with Crippen LogP contribution in [-0.2, 0) is 16.0 Å². The number of halogens is 1. The van der Waals surface area contributed by atoms with Crippen LogP contribution in [0.15, 0.2) is 54.7 Å². The molecule has 0 radical (unpaired) electrons. The number of H-pyrrole nitrogens is 1. The molecule has 2 atom stereocenters. The summed E-state index contributed by atoms with van der Waals surface area (Å²) in [6, 6.07) is 11.9. The third kappa shape index (κ3) is 4.34. The normalized spacial score (nSPS) is 17.1. The Morgan fingerprint density at radius 1 is 1.12 bits per heavy atom. The fourth-order valence-corrected chi connectivity index (χ4v) is 4.05. The number of aromatic amines is 1. The summed E-state index contributed by atoms with van der Waals surface area (Å²) in [6.07, 6.45) is 2.16. The first kappa shape index (κ1) is 21.5. The number of benzene rings is 2. The molecule has 0 saturated carbocycles. The van der Waals surface area contributed by atoms with E-state index in [0.29, 0.717) is 6.42 Å². The van der Waals surface area contributed by atoms with Crippen LogP contribution in [0, 0.1) is 11.7 Å². The summed E-state index contributed by atoms with van der Waals surface area (Å²) >= 11 is 0. The second-order valence-corrected chi connectivity index (χ2v) is 8.33. The second kappa shape index (κ2) is 8.82. The molecule has 32 heavy (non-hydrogen) atoms. The van der Waals surface area contributed by atoms with Gasteiger partial charge in [0.2, 0.25) is 5.91 Å². The minimum absolute atomic E-state index is 0.0298. The third-order valence-electron chi connectivity index (χ3n) is 5.72. The van der Waals surface area contributed by atoms with E-state index in [0.717, 1.165) is 26.9 Å². The molecule has 8 heteroatoms. The molecule has 3 aromatic rings. The first-order valence-electron chi connectivity index (χ1n) is 10.5. The highest BCUT2D eigenvalue weighted by Crippen LogP contribution is 2.23. The van der Waals surface area contributed by atoms with Crippen molar-refractivity contribution < 1.29 is 18.8 Å². The number of hydrogen-bond donors (Lipinski definition) is 3. The van der Waals surface area contributed by atoms with Crippen molar-refractivity contribution in [2.24, 2.45) is 5.92 Å². The molecule has 3 N–H and O–H groups in total. The molecule has 2 heterocycles. The summed E-state index contributed by atoms with van der Waals surface area (Å²) < 4.78 is 13.3. The van der Waals surface area contributed by atoms with Gasteiger partial charge in [0, 0.05) is 23.5 Å². The lowest BCUT2D eigenvalue weighted by Gasteiger charge is -2.24. The van der Waals surface area contributed by atoms with Gasteiger partial charge in [-0.05, 0) is 35.2 Å². The summed E-state index contributed by atoms with van der Waals surface area (Å²) in [4.78, 5) is 42.0. The number of nitrogens with one attached hydrogen (secondary N) is 3. The SMILES string of the molecule is CC(C)[C@@H](NC(=O)CN1C(=O)N[C@H](Cc2c[nH]c3ccccc23)C1=O)c1ccc(F)cc1. The standard InChI is InChI=1S/C24H25FN4O3/c1-14(2)22(15-7-9-17(25)10-8-15)28-21(30)13-29-23(31)20(27-24(29)32)11-16-12-26-19-6-4-3-5-18(16)19/h3-10,12,14,20,22,26H,11,13H2,1-2H3,(H,27,32)(H,28,30)/t20-,22-/m1/s1. The Kier molecular flexibility index (Phi) is 5.94. The molecule has 1 saturated heterocycles. The Balaban J connectivity index is 1.42. The quantitative estimate of drug-likeness (QED) is 0.496. The van der Waals surface area contributed by atoms with Gasteiger partial charge in [-0.25, -0.2) is 9.18 Å². The molecule has 0 bridgehead atoms. The molecule has 1 aliphatic rings. The van der Waals surface area contributed by atoms with Crippen LogP contribution >= 0.6 is 0 Å². The van der Waals surface area contributed by atoms with Gasteiger partial charge >= 0.3 is 6.03 Å². The second-order valence-electron chi connectivity index (χ2n) is 8.33. The summed E-state index contributed by atoms with van der Waals surface area (Å²) in [6.45, 7) is 3.48.